The van der Waals surface area contributed by atoms with Gasteiger partial charge in [0.2, 0.25) is 0 Å². The number of rotatable bonds is 6. The summed E-state index contributed by atoms with van der Waals surface area (Å²) in [6, 6.07) is 9.67. The van der Waals surface area contributed by atoms with E-state index in [2.05, 4.69) is 10.4 Å². The summed E-state index contributed by atoms with van der Waals surface area (Å²) in [5.74, 6) is 3.49. The zero-order valence-electron chi connectivity index (χ0n) is 16.6. The second-order valence-electron chi connectivity index (χ2n) is 9.38. The molecule has 4 aliphatic rings. The van der Waals surface area contributed by atoms with Crippen LogP contribution in [0.5, 0.6) is 5.75 Å². The molecular formula is C23H29N3O2. The van der Waals surface area contributed by atoms with Gasteiger partial charge in [-0.15, -0.1) is 0 Å². The number of para-hydroxylation sites is 1. The molecule has 1 heterocycles. The normalized spacial score (nSPS) is 30.4. The SMILES string of the molecule is Cc1ccccc1OCn1ccc(C(=O)NCC23CC4CC(CC(C4)C2)C3)n1. The van der Waals surface area contributed by atoms with Gasteiger partial charge in [-0.05, 0) is 86.3 Å². The van der Waals surface area contributed by atoms with E-state index < -0.39 is 0 Å². The van der Waals surface area contributed by atoms with Crippen molar-refractivity contribution in [1.82, 2.24) is 15.1 Å². The molecule has 28 heavy (non-hydrogen) atoms. The Labute approximate surface area is 166 Å². The van der Waals surface area contributed by atoms with Gasteiger partial charge in [0.15, 0.2) is 6.73 Å². The average molecular weight is 380 g/mol. The van der Waals surface area contributed by atoms with Gasteiger partial charge in [-0.25, -0.2) is 4.68 Å². The van der Waals surface area contributed by atoms with E-state index in [0.29, 0.717) is 17.8 Å². The summed E-state index contributed by atoms with van der Waals surface area (Å²) in [6.45, 7) is 3.12. The monoisotopic (exact) mass is 379 g/mol. The maximum Gasteiger partial charge on any atom is 0.271 e. The molecule has 1 amide bonds. The first-order valence-electron chi connectivity index (χ1n) is 10.6. The minimum atomic E-state index is -0.0645. The van der Waals surface area contributed by atoms with Crippen LogP contribution in [-0.4, -0.2) is 22.2 Å². The van der Waals surface area contributed by atoms with Crippen molar-refractivity contribution >= 4 is 5.91 Å². The highest BCUT2D eigenvalue weighted by Crippen LogP contribution is 2.59. The summed E-state index contributed by atoms with van der Waals surface area (Å²) in [6.07, 6.45) is 10.0. The van der Waals surface area contributed by atoms with Crippen LogP contribution in [0.25, 0.3) is 0 Å². The Morgan fingerprint density at radius 1 is 1.14 bits per heavy atom. The van der Waals surface area contributed by atoms with Crippen LogP contribution in [0.2, 0.25) is 0 Å². The van der Waals surface area contributed by atoms with Gasteiger partial charge in [-0.2, -0.15) is 5.10 Å². The van der Waals surface area contributed by atoms with Crippen LogP contribution in [0.3, 0.4) is 0 Å². The van der Waals surface area contributed by atoms with Gasteiger partial charge in [0.05, 0.1) is 0 Å². The summed E-state index contributed by atoms with van der Waals surface area (Å²) in [5, 5.41) is 7.60. The first kappa shape index (κ1) is 17.8. The predicted molar refractivity (Wildman–Crippen MR) is 107 cm³/mol. The molecule has 4 saturated carbocycles. The molecule has 5 heteroatoms. The van der Waals surface area contributed by atoms with E-state index in [4.69, 9.17) is 4.74 Å². The van der Waals surface area contributed by atoms with Crippen molar-refractivity contribution in [3.8, 4) is 5.75 Å². The van der Waals surface area contributed by atoms with Crippen LogP contribution in [0.15, 0.2) is 36.5 Å². The third kappa shape index (κ3) is 3.43. The largest absolute Gasteiger partial charge is 0.471 e. The molecular weight excluding hydrogens is 350 g/mol. The van der Waals surface area contributed by atoms with Gasteiger partial charge in [0.1, 0.15) is 11.4 Å². The van der Waals surface area contributed by atoms with E-state index in [1.807, 2.05) is 31.2 Å². The van der Waals surface area contributed by atoms with Crippen LogP contribution in [0.4, 0.5) is 0 Å². The number of nitrogens with one attached hydrogen (secondary N) is 1. The van der Waals surface area contributed by atoms with Crippen LogP contribution in [0, 0.1) is 30.1 Å². The van der Waals surface area contributed by atoms with Crippen LogP contribution < -0.4 is 10.1 Å². The molecule has 1 N–H and O–H groups in total. The average Bonchev–Trinajstić information content (AvgIpc) is 3.14. The molecule has 1 aromatic heterocycles. The highest BCUT2D eigenvalue weighted by Gasteiger charge is 2.50. The predicted octanol–water partition coefficient (Wildman–Crippen LogP) is 4.17. The fourth-order valence-electron chi connectivity index (χ4n) is 6.27. The van der Waals surface area contributed by atoms with Crippen LogP contribution in [0.1, 0.15) is 54.6 Å². The summed E-state index contributed by atoms with van der Waals surface area (Å²) in [5.41, 5.74) is 1.90. The number of ether oxygens (including phenoxy) is 1. The third-order valence-corrected chi connectivity index (χ3v) is 7.11. The molecule has 0 radical (unpaired) electrons. The Morgan fingerprint density at radius 2 is 1.82 bits per heavy atom. The maximum atomic E-state index is 12.7. The van der Waals surface area contributed by atoms with Crippen LogP contribution >= 0.6 is 0 Å². The molecule has 0 saturated heterocycles. The zero-order valence-corrected chi connectivity index (χ0v) is 16.6. The lowest BCUT2D eigenvalue weighted by Crippen LogP contribution is -2.51. The molecule has 0 aliphatic heterocycles. The summed E-state index contributed by atoms with van der Waals surface area (Å²) in [4.78, 5) is 12.7. The van der Waals surface area contributed by atoms with Crippen LogP contribution in [-0.2, 0) is 6.73 Å². The lowest BCUT2D eigenvalue weighted by molar-refractivity contribution is -0.0503. The van der Waals surface area contributed by atoms with Crippen molar-refractivity contribution in [2.75, 3.05) is 6.54 Å². The number of hydrogen-bond donors (Lipinski definition) is 1. The Bertz CT molecular complexity index is 837. The molecule has 0 unspecified atom stereocenters. The van der Waals surface area contributed by atoms with Gasteiger partial charge in [0.25, 0.3) is 5.91 Å². The van der Waals surface area contributed by atoms with Crippen molar-refractivity contribution in [2.45, 2.75) is 52.2 Å². The number of benzene rings is 1. The van der Waals surface area contributed by atoms with Crippen molar-refractivity contribution < 1.29 is 9.53 Å². The molecule has 4 bridgehead atoms. The number of aryl methyl sites for hydroxylation is 1. The first-order valence-corrected chi connectivity index (χ1v) is 10.6. The van der Waals surface area contributed by atoms with Gasteiger partial charge in [0, 0.05) is 12.7 Å². The Morgan fingerprint density at radius 3 is 2.50 bits per heavy atom. The zero-order chi connectivity index (χ0) is 19.1. The number of aromatic nitrogens is 2. The smallest absolute Gasteiger partial charge is 0.271 e. The molecule has 5 nitrogen and oxygen atoms in total. The number of amides is 1. The molecule has 4 fully saturated rings. The Balaban J connectivity index is 1.17. The quantitative estimate of drug-likeness (QED) is 0.819. The number of nitrogens with zero attached hydrogens (tertiary/aromatic N) is 2. The number of carbonyl (C=O) groups excluding carboxylic acids is 1. The first-order chi connectivity index (χ1) is 13.6. The van der Waals surface area contributed by atoms with Gasteiger partial charge in [-0.3, -0.25) is 4.79 Å². The molecule has 1 aromatic carbocycles. The van der Waals surface area contributed by atoms with E-state index >= 15 is 0 Å². The van der Waals surface area contributed by atoms with Crippen molar-refractivity contribution in [3.05, 3.63) is 47.8 Å². The molecule has 0 atom stereocenters. The van der Waals surface area contributed by atoms with E-state index in [1.165, 1.54) is 38.5 Å². The standard InChI is InChI=1S/C23H29N3O2/c1-16-4-2-3-5-21(16)28-15-26-7-6-20(25-26)22(27)24-14-23-11-17-8-18(12-23)10-19(9-17)13-23/h2-7,17-19H,8-15H2,1H3,(H,24,27). The topological polar surface area (TPSA) is 56.1 Å². The fourth-order valence-corrected chi connectivity index (χ4v) is 6.27. The minimum absolute atomic E-state index is 0.0645. The van der Waals surface area contributed by atoms with Gasteiger partial charge < -0.3 is 10.1 Å². The molecule has 6 rings (SSSR count). The van der Waals surface area contributed by atoms with E-state index in [1.54, 1.807) is 16.9 Å². The van der Waals surface area contributed by atoms with Crippen molar-refractivity contribution in [1.29, 1.82) is 0 Å². The van der Waals surface area contributed by atoms with Crippen molar-refractivity contribution in [2.24, 2.45) is 23.2 Å². The molecule has 0 spiro atoms. The summed E-state index contributed by atoms with van der Waals surface area (Å²) in [7, 11) is 0. The van der Waals surface area contributed by atoms with E-state index in [0.717, 1.165) is 35.6 Å². The van der Waals surface area contributed by atoms with Gasteiger partial charge in [-0.1, -0.05) is 18.2 Å². The highest BCUT2D eigenvalue weighted by molar-refractivity contribution is 5.92. The number of hydrogen-bond acceptors (Lipinski definition) is 3. The highest BCUT2D eigenvalue weighted by atomic mass is 16.5. The fraction of sp³-hybridized carbons (Fsp3) is 0.565. The summed E-state index contributed by atoms with van der Waals surface area (Å²) >= 11 is 0. The van der Waals surface area contributed by atoms with Crippen molar-refractivity contribution in [3.63, 3.8) is 0 Å². The second-order valence-corrected chi connectivity index (χ2v) is 9.38. The minimum Gasteiger partial charge on any atom is -0.471 e. The number of carbonyl (C=O) groups is 1. The third-order valence-electron chi connectivity index (χ3n) is 7.11. The van der Waals surface area contributed by atoms with E-state index in [-0.39, 0.29) is 5.91 Å². The lowest BCUT2D eigenvalue weighted by Gasteiger charge is -2.56. The maximum absolute atomic E-state index is 12.7. The van der Waals surface area contributed by atoms with E-state index in [9.17, 15) is 4.79 Å². The Kier molecular flexibility index (Phi) is 4.41. The summed E-state index contributed by atoms with van der Waals surface area (Å²) < 4.78 is 7.48. The Hall–Kier alpha value is -2.30. The van der Waals surface area contributed by atoms with Gasteiger partial charge >= 0.3 is 0 Å². The molecule has 4 aliphatic carbocycles. The molecule has 2 aromatic rings. The second kappa shape index (κ2) is 6.94. The molecule has 148 valence electrons. The lowest BCUT2D eigenvalue weighted by atomic mass is 9.49.